The van der Waals surface area contributed by atoms with Crippen LogP contribution in [0.4, 0.5) is 11.4 Å². The molecule has 45 heavy (non-hydrogen) atoms. The topological polar surface area (TPSA) is 149 Å². The van der Waals surface area contributed by atoms with Gasteiger partial charge >= 0.3 is 0 Å². The third-order valence-electron chi connectivity index (χ3n) is 7.05. The number of Topliss-reactive ketones (excluding diaryl/α,β-unsaturated/α-hetero) is 3. The first kappa shape index (κ1) is 36.8. The van der Waals surface area contributed by atoms with Crippen molar-refractivity contribution in [3.8, 4) is 11.5 Å². The number of ether oxygens (including phenoxy) is 2. The number of anilines is 1. The molecule has 0 fully saturated rings. The van der Waals surface area contributed by atoms with Gasteiger partial charge in [-0.15, -0.1) is 0 Å². The maximum atomic E-state index is 12.3. The molecular weight excluding hydrogens is 572 g/mol. The number of hydrogen-bond donors (Lipinski definition) is 3. The molecular formula is C36H48N2O7. The summed E-state index contributed by atoms with van der Waals surface area (Å²) in [5.41, 5.74) is 7.48. The van der Waals surface area contributed by atoms with Crippen molar-refractivity contribution >= 4 is 34.4 Å². The molecule has 0 saturated heterocycles. The number of benzene rings is 2. The number of allylic oxidation sites excluding steroid dienone is 4. The van der Waals surface area contributed by atoms with Gasteiger partial charge in [0.1, 0.15) is 23.0 Å². The van der Waals surface area contributed by atoms with Crippen molar-refractivity contribution in [2.24, 2.45) is 15.8 Å². The van der Waals surface area contributed by atoms with Crippen LogP contribution in [0.5, 0.6) is 11.5 Å². The Morgan fingerprint density at radius 3 is 1.51 bits per heavy atom. The fourth-order valence-corrected chi connectivity index (χ4v) is 5.15. The zero-order valence-corrected chi connectivity index (χ0v) is 27.8. The van der Waals surface area contributed by atoms with E-state index >= 15 is 0 Å². The fourth-order valence-electron chi connectivity index (χ4n) is 5.15. The van der Waals surface area contributed by atoms with Crippen molar-refractivity contribution in [3.05, 3.63) is 71.2 Å². The standard InChI is InChI=1S/C18H23NO3.C10H14O3.C8H11NO/c1-5-22-14-8-6-13(7-9-14)19-12(2)17-15(20)10-18(3,4)11-16(17)21;1-6(11)9-7(12)4-10(2,3)5-8(9)13;1-2-10-8-5-3-7(9)4-6-8/h6-9,20H,5,10-11H2,1-4H3;12H,4-5H2,1-3H3;3-6H,2,9H2,1H3. The van der Waals surface area contributed by atoms with Gasteiger partial charge in [0.25, 0.3) is 0 Å². The van der Waals surface area contributed by atoms with Crippen molar-refractivity contribution in [1.29, 1.82) is 0 Å². The number of carbonyl (C=O) groups excluding carboxylic acids is 3. The van der Waals surface area contributed by atoms with E-state index in [1.165, 1.54) is 6.92 Å². The Labute approximate surface area is 266 Å². The quantitative estimate of drug-likeness (QED) is 0.161. The lowest BCUT2D eigenvalue weighted by atomic mass is 9.76. The van der Waals surface area contributed by atoms with E-state index in [0.29, 0.717) is 50.2 Å². The van der Waals surface area contributed by atoms with Gasteiger partial charge < -0.3 is 25.4 Å². The lowest BCUT2D eigenvalue weighted by Gasteiger charge is -2.29. The number of rotatable bonds is 7. The number of hydrogen-bond acceptors (Lipinski definition) is 9. The van der Waals surface area contributed by atoms with Gasteiger partial charge in [0.05, 0.1) is 35.8 Å². The van der Waals surface area contributed by atoms with Crippen LogP contribution in [0.15, 0.2) is 76.2 Å². The number of aliphatic hydroxyl groups is 2. The van der Waals surface area contributed by atoms with Crippen molar-refractivity contribution in [2.45, 2.75) is 81.1 Å². The summed E-state index contributed by atoms with van der Waals surface area (Å²) in [4.78, 5) is 39.1. The van der Waals surface area contributed by atoms with Crippen molar-refractivity contribution < 1.29 is 34.1 Å². The fraction of sp³-hybridized carbons (Fsp3) is 0.444. The van der Waals surface area contributed by atoms with Crippen molar-refractivity contribution in [3.63, 3.8) is 0 Å². The molecule has 0 spiro atoms. The van der Waals surface area contributed by atoms with Gasteiger partial charge in [0, 0.05) is 31.4 Å². The van der Waals surface area contributed by atoms with Crippen LogP contribution >= 0.6 is 0 Å². The average molecular weight is 621 g/mol. The van der Waals surface area contributed by atoms with Crippen LogP contribution in [0, 0.1) is 10.8 Å². The van der Waals surface area contributed by atoms with E-state index in [1.54, 1.807) is 6.92 Å². The Kier molecular flexibility index (Phi) is 13.1. The van der Waals surface area contributed by atoms with Gasteiger partial charge in [-0.2, -0.15) is 0 Å². The number of carbonyl (C=O) groups is 3. The highest BCUT2D eigenvalue weighted by Crippen LogP contribution is 2.37. The molecule has 2 aliphatic rings. The van der Waals surface area contributed by atoms with Crippen molar-refractivity contribution in [2.75, 3.05) is 18.9 Å². The predicted molar refractivity (Wildman–Crippen MR) is 178 cm³/mol. The Hall–Kier alpha value is -4.40. The van der Waals surface area contributed by atoms with E-state index < -0.39 is 0 Å². The third-order valence-corrected chi connectivity index (χ3v) is 7.05. The molecule has 2 aromatic carbocycles. The SMILES string of the molecule is CC(=O)C1=C(O)CC(C)(C)CC1=O.CCOc1ccc(N)cc1.CCOc1ccc(N=C(C)C2=C(O)CC(C)(C)CC2=O)cc1. The first-order valence-corrected chi connectivity index (χ1v) is 15.2. The summed E-state index contributed by atoms with van der Waals surface area (Å²) >= 11 is 0. The smallest absolute Gasteiger partial charge is 0.170 e. The lowest BCUT2D eigenvalue weighted by molar-refractivity contribution is -0.123. The highest BCUT2D eigenvalue weighted by Gasteiger charge is 2.35. The molecule has 0 unspecified atom stereocenters. The van der Waals surface area contributed by atoms with E-state index in [1.807, 2.05) is 90.1 Å². The Morgan fingerprint density at radius 2 is 1.13 bits per heavy atom. The summed E-state index contributed by atoms with van der Waals surface area (Å²) in [7, 11) is 0. The molecule has 4 N–H and O–H groups in total. The number of nitrogens with two attached hydrogens (primary N) is 1. The molecule has 0 saturated carbocycles. The Bertz CT molecular complexity index is 1450. The van der Waals surface area contributed by atoms with Gasteiger partial charge in [0.15, 0.2) is 17.3 Å². The second kappa shape index (κ2) is 16.1. The highest BCUT2D eigenvalue weighted by atomic mass is 16.5. The maximum absolute atomic E-state index is 12.3. The Morgan fingerprint density at radius 1 is 0.733 bits per heavy atom. The molecule has 4 rings (SSSR count). The predicted octanol–water partition coefficient (Wildman–Crippen LogP) is 7.82. The molecule has 0 heterocycles. The van der Waals surface area contributed by atoms with Gasteiger partial charge in [-0.05, 0) is 87.1 Å². The van der Waals surface area contributed by atoms with E-state index in [2.05, 4.69) is 4.99 Å². The van der Waals surface area contributed by atoms with Crippen LogP contribution in [-0.2, 0) is 14.4 Å². The molecule has 9 heteroatoms. The molecule has 2 aliphatic carbocycles. The number of aliphatic imine (C=N–C) groups is 1. The number of ketones is 3. The minimum Gasteiger partial charge on any atom is -0.511 e. The van der Waals surface area contributed by atoms with Crippen LogP contribution < -0.4 is 15.2 Å². The summed E-state index contributed by atoms with van der Waals surface area (Å²) in [5, 5.41) is 19.7. The normalized spacial score (nSPS) is 17.5. The van der Waals surface area contributed by atoms with Gasteiger partial charge in [0.2, 0.25) is 0 Å². The van der Waals surface area contributed by atoms with E-state index in [-0.39, 0.29) is 45.3 Å². The van der Waals surface area contributed by atoms with Crippen LogP contribution in [0.25, 0.3) is 0 Å². The zero-order valence-electron chi connectivity index (χ0n) is 27.8. The summed E-state index contributed by atoms with van der Waals surface area (Å²) in [6.45, 7) is 16.0. The molecule has 0 aromatic heterocycles. The average Bonchev–Trinajstić information content (AvgIpc) is 2.89. The van der Waals surface area contributed by atoms with Crippen LogP contribution in [0.2, 0.25) is 0 Å². The molecule has 0 radical (unpaired) electrons. The summed E-state index contributed by atoms with van der Waals surface area (Å²) in [6, 6.07) is 14.7. The Balaban J connectivity index is 0.000000259. The number of aliphatic hydroxyl groups excluding tert-OH is 2. The largest absolute Gasteiger partial charge is 0.511 e. The zero-order chi connectivity index (χ0) is 33.9. The molecule has 0 bridgehead atoms. The lowest BCUT2D eigenvalue weighted by Crippen LogP contribution is -2.28. The van der Waals surface area contributed by atoms with Crippen LogP contribution in [-0.4, -0.2) is 46.5 Å². The molecule has 2 aromatic rings. The molecule has 244 valence electrons. The van der Waals surface area contributed by atoms with E-state index in [0.717, 1.165) is 22.9 Å². The number of nitrogens with zero attached hydrogens (tertiary/aromatic N) is 1. The van der Waals surface area contributed by atoms with Gasteiger partial charge in [-0.3, -0.25) is 19.4 Å². The summed E-state index contributed by atoms with van der Waals surface area (Å²) in [6.07, 6.45) is 1.69. The van der Waals surface area contributed by atoms with Crippen molar-refractivity contribution in [1.82, 2.24) is 0 Å². The monoisotopic (exact) mass is 620 g/mol. The molecule has 9 nitrogen and oxygen atoms in total. The first-order chi connectivity index (χ1) is 21.0. The van der Waals surface area contributed by atoms with Gasteiger partial charge in [-0.1, -0.05) is 27.7 Å². The minimum absolute atomic E-state index is 0.000625. The molecule has 0 aliphatic heterocycles. The second-order valence-corrected chi connectivity index (χ2v) is 12.7. The number of nitrogen functional groups attached to an aromatic ring is 1. The maximum Gasteiger partial charge on any atom is 0.170 e. The second-order valence-electron chi connectivity index (χ2n) is 12.7. The first-order valence-electron chi connectivity index (χ1n) is 15.2. The van der Waals surface area contributed by atoms with Crippen LogP contribution in [0.1, 0.15) is 81.1 Å². The highest BCUT2D eigenvalue weighted by molar-refractivity contribution is 6.23. The molecule has 0 amide bonds. The minimum atomic E-state index is -0.335. The molecule has 0 atom stereocenters. The summed E-state index contributed by atoms with van der Waals surface area (Å²) < 4.78 is 10.6. The van der Waals surface area contributed by atoms with Crippen LogP contribution in [0.3, 0.4) is 0 Å². The van der Waals surface area contributed by atoms with E-state index in [9.17, 15) is 24.6 Å². The summed E-state index contributed by atoms with van der Waals surface area (Å²) in [5.74, 6) is 1.15. The van der Waals surface area contributed by atoms with E-state index in [4.69, 9.17) is 15.2 Å². The third kappa shape index (κ3) is 11.6. The van der Waals surface area contributed by atoms with Gasteiger partial charge in [-0.25, -0.2) is 0 Å².